The number of aryl methyl sites for hydroxylation is 1. The molecule has 1 atom stereocenters. The second kappa shape index (κ2) is 6.97. The van der Waals surface area contributed by atoms with E-state index in [0.717, 1.165) is 40.3 Å². The molecule has 0 aliphatic carbocycles. The van der Waals surface area contributed by atoms with Gasteiger partial charge in [-0.05, 0) is 44.2 Å². The number of ether oxygens (including phenoxy) is 2. The highest BCUT2D eigenvalue weighted by atomic mass is 16.6. The molecule has 0 saturated carbocycles. The highest BCUT2D eigenvalue weighted by Gasteiger charge is 2.56. The third-order valence-electron chi connectivity index (χ3n) is 6.61. The van der Waals surface area contributed by atoms with Gasteiger partial charge in [-0.2, -0.15) is 5.10 Å². The fourth-order valence-electron chi connectivity index (χ4n) is 4.90. The van der Waals surface area contributed by atoms with E-state index >= 15 is 0 Å². The first-order valence-corrected chi connectivity index (χ1v) is 11.1. The Labute approximate surface area is 192 Å². The van der Waals surface area contributed by atoms with Crippen molar-refractivity contribution in [3.8, 4) is 17.3 Å². The van der Waals surface area contributed by atoms with Gasteiger partial charge in [-0.25, -0.2) is 9.48 Å². The number of aromatic nitrogens is 2. The molecule has 0 fully saturated rings. The smallest absolute Gasteiger partial charge is 0.340 e. The summed E-state index contributed by atoms with van der Waals surface area (Å²) in [6.45, 7) is 4.89. The SMILES string of the molecule is CCN(C)c1ccc2c(c1)Oc1c(c(C)nn1-c1ccccc1)C21OC(=O)c2ccccc21. The summed E-state index contributed by atoms with van der Waals surface area (Å²) >= 11 is 0. The zero-order chi connectivity index (χ0) is 22.7. The monoisotopic (exact) mass is 437 g/mol. The van der Waals surface area contributed by atoms with Crippen LogP contribution in [0.2, 0.25) is 0 Å². The Morgan fingerprint density at radius 3 is 2.55 bits per heavy atom. The highest BCUT2D eigenvalue weighted by molar-refractivity contribution is 5.97. The van der Waals surface area contributed by atoms with Crippen molar-refractivity contribution in [3.63, 3.8) is 0 Å². The Bertz CT molecular complexity index is 1410. The van der Waals surface area contributed by atoms with Gasteiger partial charge in [0.1, 0.15) is 5.75 Å². The van der Waals surface area contributed by atoms with Crippen molar-refractivity contribution in [3.05, 3.63) is 101 Å². The molecule has 0 saturated heterocycles. The minimum atomic E-state index is -1.11. The van der Waals surface area contributed by atoms with E-state index in [-0.39, 0.29) is 5.97 Å². The number of carbonyl (C=O) groups is 1. The van der Waals surface area contributed by atoms with Crippen molar-refractivity contribution in [1.82, 2.24) is 9.78 Å². The zero-order valence-corrected chi connectivity index (χ0v) is 18.7. The van der Waals surface area contributed by atoms with Crippen LogP contribution < -0.4 is 9.64 Å². The van der Waals surface area contributed by atoms with Gasteiger partial charge in [0.15, 0.2) is 5.60 Å². The van der Waals surface area contributed by atoms with Gasteiger partial charge < -0.3 is 14.4 Å². The van der Waals surface area contributed by atoms with E-state index in [1.54, 1.807) is 4.68 Å². The fourth-order valence-corrected chi connectivity index (χ4v) is 4.90. The van der Waals surface area contributed by atoms with Crippen molar-refractivity contribution in [1.29, 1.82) is 0 Å². The van der Waals surface area contributed by atoms with Gasteiger partial charge in [0.05, 0.1) is 22.5 Å². The number of nitrogens with zero attached hydrogens (tertiary/aromatic N) is 3. The van der Waals surface area contributed by atoms with Gasteiger partial charge >= 0.3 is 5.97 Å². The fraction of sp³-hybridized carbons (Fsp3) is 0.185. The predicted molar refractivity (Wildman–Crippen MR) is 126 cm³/mol. The molecule has 0 N–H and O–H groups in total. The molecule has 164 valence electrons. The Kier molecular flexibility index (Phi) is 4.14. The van der Waals surface area contributed by atoms with Crippen LogP contribution in [0, 0.1) is 6.92 Å². The van der Waals surface area contributed by atoms with Crippen LogP contribution in [0.3, 0.4) is 0 Å². The molecule has 3 heterocycles. The minimum absolute atomic E-state index is 0.342. The minimum Gasteiger partial charge on any atom is -0.440 e. The number of anilines is 1. The van der Waals surface area contributed by atoms with Gasteiger partial charge in [0.2, 0.25) is 5.88 Å². The van der Waals surface area contributed by atoms with E-state index in [0.29, 0.717) is 17.2 Å². The molecule has 6 rings (SSSR count). The van der Waals surface area contributed by atoms with E-state index in [2.05, 4.69) is 11.8 Å². The number of hydrogen-bond donors (Lipinski definition) is 0. The summed E-state index contributed by atoms with van der Waals surface area (Å²) in [5.41, 5.74) is 4.47. The average Bonchev–Trinajstić information content (AvgIpc) is 3.34. The number of para-hydroxylation sites is 1. The first-order valence-electron chi connectivity index (χ1n) is 11.1. The van der Waals surface area contributed by atoms with E-state index in [1.807, 2.05) is 86.8 Å². The first-order chi connectivity index (χ1) is 16.0. The van der Waals surface area contributed by atoms with Crippen LogP contribution in [0.4, 0.5) is 5.69 Å². The van der Waals surface area contributed by atoms with Crippen LogP contribution in [-0.4, -0.2) is 29.3 Å². The third-order valence-corrected chi connectivity index (χ3v) is 6.61. The average molecular weight is 437 g/mol. The van der Waals surface area contributed by atoms with Gasteiger partial charge in [-0.3, -0.25) is 0 Å². The van der Waals surface area contributed by atoms with Crippen molar-refractivity contribution in [2.75, 3.05) is 18.5 Å². The number of esters is 1. The van der Waals surface area contributed by atoms with Crippen LogP contribution in [0.25, 0.3) is 5.69 Å². The molecule has 0 amide bonds. The number of hydrogen-bond acceptors (Lipinski definition) is 5. The maximum Gasteiger partial charge on any atom is 0.340 e. The van der Waals surface area contributed by atoms with Crippen molar-refractivity contribution >= 4 is 11.7 Å². The van der Waals surface area contributed by atoms with Crippen molar-refractivity contribution in [2.24, 2.45) is 0 Å². The molecular weight excluding hydrogens is 414 g/mol. The molecule has 6 nitrogen and oxygen atoms in total. The van der Waals surface area contributed by atoms with Crippen LogP contribution in [0.5, 0.6) is 11.6 Å². The maximum atomic E-state index is 13.1. The quantitative estimate of drug-likeness (QED) is 0.412. The number of fused-ring (bicyclic) bond motifs is 6. The van der Waals surface area contributed by atoms with E-state index < -0.39 is 5.60 Å². The zero-order valence-electron chi connectivity index (χ0n) is 18.7. The van der Waals surface area contributed by atoms with Crippen LogP contribution >= 0.6 is 0 Å². The predicted octanol–water partition coefficient (Wildman–Crippen LogP) is 5.20. The summed E-state index contributed by atoms with van der Waals surface area (Å²) in [6.07, 6.45) is 0. The van der Waals surface area contributed by atoms with Gasteiger partial charge in [-0.1, -0.05) is 36.4 Å². The van der Waals surface area contributed by atoms with Gasteiger partial charge in [-0.15, -0.1) is 0 Å². The van der Waals surface area contributed by atoms with Crippen molar-refractivity contribution in [2.45, 2.75) is 19.4 Å². The summed E-state index contributed by atoms with van der Waals surface area (Å²) in [7, 11) is 2.04. The number of benzene rings is 3. The summed E-state index contributed by atoms with van der Waals surface area (Å²) in [6, 6.07) is 23.5. The van der Waals surface area contributed by atoms with E-state index in [4.69, 9.17) is 14.6 Å². The molecule has 0 radical (unpaired) electrons. The Balaban J connectivity index is 1.68. The Hall–Kier alpha value is -4.06. The molecule has 1 aromatic heterocycles. The lowest BCUT2D eigenvalue weighted by Crippen LogP contribution is -2.33. The summed E-state index contributed by atoms with van der Waals surface area (Å²) < 4.78 is 14.6. The summed E-state index contributed by atoms with van der Waals surface area (Å²) in [5, 5.41) is 4.83. The second-order valence-corrected chi connectivity index (χ2v) is 8.43. The molecule has 2 aliphatic heterocycles. The maximum absolute atomic E-state index is 13.1. The third kappa shape index (κ3) is 2.61. The van der Waals surface area contributed by atoms with Crippen LogP contribution in [0.15, 0.2) is 72.8 Å². The number of carbonyl (C=O) groups excluding carboxylic acids is 1. The molecule has 4 aromatic rings. The molecular formula is C27H23N3O3. The summed E-state index contributed by atoms with van der Waals surface area (Å²) in [5.74, 6) is 0.875. The lowest BCUT2D eigenvalue weighted by molar-refractivity contribution is 0.0221. The molecule has 2 aliphatic rings. The van der Waals surface area contributed by atoms with Crippen LogP contribution in [-0.2, 0) is 10.3 Å². The second-order valence-electron chi connectivity index (χ2n) is 8.43. The standard InChI is InChI=1S/C27H23N3O3/c1-4-29(3)19-14-15-22-23(16-19)32-25-24(17(2)28-30(25)18-10-6-5-7-11-18)27(22)21-13-9-8-12-20(21)26(31)33-27/h5-16H,4H2,1-3H3. The Morgan fingerprint density at radius 1 is 1.00 bits per heavy atom. The van der Waals surface area contributed by atoms with Crippen LogP contribution in [0.1, 0.15) is 39.7 Å². The van der Waals surface area contributed by atoms with Crippen molar-refractivity contribution < 1.29 is 14.3 Å². The topological polar surface area (TPSA) is 56.6 Å². The Morgan fingerprint density at radius 2 is 1.76 bits per heavy atom. The van der Waals surface area contributed by atoms with Gasteiger partial charge in [0, 0.05) is 36.5 Å². The molecule has 0 bridgehead atoms. The molecule has 3 aromatic carbocycles. The normalized spacial score (nSPS) is 17.7. The lowest BCUT2D eigenvalue weighted by atomic mass is 9.78. The molecule has 6 heteroatoms. The highest BCUT2D eigenvalue weighted by Crippen LogP contribution is 2.57. The number of rotatable bonds is 3. The molecule has 1 unspecified atom stereocenters. The molecule has 1 spiro atoms. The molecule has 33 heavy (non-hydrogen) atoms. The van der Waals surface area contributed by atoms with E-state index in [9.17, 15) is 4.79 Å². The lowest BCUT2D eigenvalue weighted by Gasteiger charge is -2.35. The van der Waals surface area contributed by atoms with Gasteiger partial charge in [0.25, 0.3) is 0 Å². The van der Waals surface area contributed by atoms with E-state index in [1.165, 1.54) is 0 Å². The largest absolute Gasteiger partial charge is 0.440 e. The first kappa shape index (κ1) is 19.6. The summed E-state index contributed by atoms with van der Waals surface area (Å²) in [4.78, 5) is 15.2.